The Morgan fingerprint density at radius 1 is 1.47 bits per heavy atom. The van der Waals surface area contributed by atoms with Crippen LogP contribution < -0.4 is 11.1 Å². The van der Waals surface area contributed by atoms with Gasteiger partial charge in [-0.3, -0.25) is 0 Å². The summed E-state index contributed by atoms with van der Waals surface area (Å²) in [5.74, 6) is 0.350. The van der Waals surface area contributed by atoms with Crippen LogP contribution in [-0.4, -0.2) is 27.2 Å². The number of nitrogens with zero attached hydrogens (tertiary/aromatic N) is 3. The Morgan fingerprint density at radius 3 is 2.79 bits per heavy atom. The molecule has 0 aliphatic carbocycles. The van der Waals surface area contributed by atoms with Crippen LogP contribution in [0.4, 0.5) is 19.0 Å². The van der Waals surface area contributed by atoms with Gasteiger partial charge in [0, 0.05) is 31.0 Å². The van der Waals surface area contributed by atoms with Crippen molar-refractivity contribution in [2.24, 2.45) is 5.73 Å². The number of rotatable bonds is 4. The molecule has 3 N–H and O–H groups in total. The Bertz CT molecular complexity index is 559. The second-order valence-corrected chi connectivity index (χ2v) is 4.12. The van der Waals surface area contributed by atoms with Gasteiger partial charge >= 0.3 is 6.18 Å². The first-order valence-corrected chi connectivity index (χ1v) is 5.84. The fraction of sp³-hybridized carbons (Fsp3) is 0.455. The van der Waals surface area contributed by atoms with E-state index in [0.29, 0.717) is 12.4 Å². The Labute approximate surface area is 107 Å². The SMILES string of the molecule is CCC(CN)Nc1nccn2nc(C(F)(F)F)cc12. The third-order valence-electron chi connectivity index (χ3n) is 2.80. The van der Waals surface area contributed by atoms with Gasteiger partial charge in [-0.15, -0.1) is 0 Å². The molecular formula is C11H14F3N5. The van der Waals surface area contributed by atoms with Crippen molar-refractivity contribution in [2.45, 2.75) is 25.6 Å². The van der Waals surface area contributed by atoms with Crippen LogP contribution in [0.5, 0.6) is 0 Å². The minimum absolute atomic E-state index is 0.0389. The fourth-order valence-electron chi connectivity index (χ4n) is 1.69. The number of hydrogen-bond acceptors (Lipinski definition) is 4. The molecule has 0 aliphatic heterocycles. The minimum Gasteiger partial charge on any atom is -0.364 e. The maximum Gasteiger partial charge on any atom is 0.435 e. The van der Waals surface area contributed by atoms with Crippen molar-refractivity contribution in [3.8, 4) is 0 Å². The average Bonchev–Trinajstić information content (AvgIpc) is 2.80. The zero-order valence-electron chi connectivity index (χ0n) is 10.3. The van der Waals surface area contributed by atoms with Gasteiger partial charge in [-0.05, 0) is 6.42 Å². The number of alkyl halides is 3. The van der Waals surface area contributed by atoms with Gasteiger partial charge in [0.1, 0.15) is 5.52 Å². The maximum absolute atomic E-state index is 12.6. The normalized spacial score (nSPS) is 13.7. The molecule has 2 rings (SSSR count). The lowest BCUT2D eigenvalue weighted by atomic mass is 10.2. The van der Waals surface area contributed by atoms with Crippen LogP contribution >= 0.6 is 0 Å². The standard InChI is InChI=1S/C11H14F3N5/c1-2-7(6-15)17-10-8-5-9(11(12,13)14)18-19(8)4-3-16-10/h3-5,7H,2,6,15H2,1H3,(H,16,17). The van der Waals surface area contributed by atoms with E-state index in [1.165, 1.54) is 12.4 Å². The summed E-state index contributed by atoms with van der Waals surface area (Å²) in [4.78, 5) is 4.04. The fourth-order valence-corrected chi connectivity index (χ4v) is 1.69. The Hall–Kier alpha value is -1.83. The summed E-state index contributed by atoms with van der Waals surface area (Å²) >= 11 is 0. The number of nitrogens with two attached hydrogens (primary N) is 1. The minimum atomic E-state index is -4.47. The molecule has 19 heavy (non-hydrogen) atoms. The van der Waals surface area contributed by atoms with Crippen molar-refractivity contribution in [2.75, 3.05) is 11.9 Å². The van der Waals surface area contributed by atoms with Gasteiger partial charge in [0.05, 0.1) is 0 Å². The van der Waals surface area contributed by atoms with E-state index in [4.69, 9.17) is 5.73 Å². The van der Waals surface area contributed by atoms with Gasteiger partial charge in [-0.1, -0.05) is 6.92 Å². The summed E-state index contributed by atoms with van der Waals surface area (Å²) in [6.07, 6.45) is -0.953. The van der Waals surface area contributed by atoms with E-state index in [-0.39, 0.29) is 11.6 Å². The predicted octanol–water partition coefficient (Wildman–Crippen LogP) is 1.90. The third kappa shape index (κ3) is 2.78. The zero-order valence-corrected chi connectivity index (χ0v) is 10.3. The van der Waals surface area contributed by atoms with E-state index < -0.39 is 11.9 Å². The molecule has 0 aliphatic rings. The van der Waals surface area contributed by atoms with E-state index in [1.54, 1.807) is 0 Å². The summed E-state index contributed by atoms with van der Waals surface area (Å²) in [6.45, 7) is 2.31. The maximum atomic E-state index is 12.6. The lowest BCUT2D eigenvalue weighted by molar-refractivity contribution is -0.141. The third-order valence-corrected chi connectivity index (χ3v) is 2.80. The molecule has 0 spiro atoms. The van der Waals surface area contributed by atoms with Crippen LogP contribution in [0.3, 0.4) is 0 Å². The number of hydrogen-bond donors (Lipinski definition) is 2. The van der Waals surface area contributed by atoms with E-state index in [9.17, 15) is 13.2 Å². The number of halogens is 3. The second kappa shape index (κ2) is 5.04. The molecule has 8 heteroatoms. The smallest absolute Gasteiger partial charge is 0.364 e. The highest BCUT2D eigenvalue weighted by Gasteiger charge is 2.34. The lowest BCUT2D eigenvalue weighted by Crippen LogP contribution is -2.28. The summed E-state index contributed by atoms with van der Waals surface area (Å²) in [5.41, 5.74) is 4.90. The van der Waals surface area contributed by atoms with Crippen molar-refractivity contribution < 1.29 is 13.2 Å². The van der Waals surface area contributed by atoms with Crippen LogP contribution in [0.15, 0.2) is 18.5 Å². The molecule has 0 saturated heterocycles. The average molecular weight is 273 g/mol. The Morgan fingerprint density at radius 2 is 2.21 bits per heavy atom. The van der Waals surface area contributed by atoms with Crippen LogP contribution in [0.25, 0.3) is 5.52 Å². The largest absolute Gasteiger partial charge is 0.435 e. The molecule has 0 bridgehead atoms. The number of anilines is 1. The molecule has 1 unspecified atom stereocenters. The molecule has 2 heterocycles. The van der Waals surface area contributed by atoms with Crippen LogP contribution in [0.2, 0.25) is 0 Å². The first kappa shape index (κ1) is 13.6. The molecule has 104 valence electrons. The Kier molecular flexibility index (Phi) is 3.61. The highest BCUT2D eigenvalue weighted by atomic mass is 19.4. The highest BCUT2D eigenvalue weighted by molar-refractivity contribution is 5.68. The molecule has 2 aromatic rings. The van der Waals surface area contributed by atoms with E-state index in [0.717, 1.165) is 17.0 Å². The second-order valence-electron chi connectivity index (χ2n) is 4.12. The summed E-state index contributed by atoms with van der Waals surface area (Å²) in [5, 5.41) is 6.51. The number of aromatic nitrogens is 3. The van der Waals surface area contributed by atoms with Crippen molar-refractivity contribution in [1.29, 1.82) is 0 Å². The first-order valence-electron chi connectivity index (χ1n) is 5.84. The first-order chi connectivity index (χ1) is 8.95. The molecule has 0 fully saturated rings. The summed E-state index contributed by atoms with van der Waals surface area (Å²) in [7, 11) is 0. The summed E-state index contributed by atoms with van der Waals surface area (Å²) < 4.78 is 39.0. The van der Waals surface area contributed by atoms with E-state index >= 15 is 0 Å². The molecule has 2 aromatic heterocycles. The molecule has 1 atom stereocenters. The highest BCUT2D eigenvalue weighted by Crippen LogP contribution is 2.30. The van der Waals surface area contributed by atoms with Crippen molar-refractivity contribution >= 4 is 11.3 Å². The van der Waals surface area contributed by atoms with E-state index in [1.807, 2.05) is 6.92 Å². The van der Waals surface area contributed by atoms with Crippen LogP contribution in [0, 0.1) is 0 Å². The number of nitrogens with one attached hydrogen (secondary N) is 1. The number of fused-ring (bicyclic) bond motifs is 1. The molecule has 0 amide bonds. The zero-order chi connectivity index (χ0) is 14.0. The Balaban J connectivity index is 2.42. The van der Waals surface area contributed by atoms with Crippen molar-refractivity contribution in [1.82, 2.24) is 14.6 Å². The molecule has 0 radical (unpaired) electrons. The van der Waals surface area contributed by atoms with Crippen LogP contribution in [0.1, 0.15) is 19.0 Å². The topological polar surface area (TPSA) is 68.2 Å². The van der Waals surface area contributed by atoms with Gasteiger partial charge < -0.3 is 11.1 Å². The van der Waals surface area contributed by atoms with Gasteiger partial charge in [-0.25, -0.2) is 9.50 Å². The quantitative estimate of drug-likeness (QED) is 0.892. The van der Waals surface area contributed by atoms with Crippen molar-refractivity contribution in [3.05, 3.63) is 24.2 Å². The van der Waals surface area contributed by atoms with Crippen LogP contribution in [-0.2, 0) is 6.18 Å². The van der Waals surface area contributed by atoms with Gasteiger partial charge in [0.25, 0.3) is 0 Å². The molecule has 5 nitrogen and oxygen atoms in total. The van der Waals surface area contributed by atoms with Gasteiger partial charge in [0.15, 0.2) is 11.5 Å². The lowest BCUT2D eigenvalue weighted by Gasteiger charge is -2.15. The molecular weight excluding hydrogens is 259 g/mol. The molecule has 0 aromatic carbocycles. The van der Waals surface area contributed by atoms with E-state index in [2.05, 4.69) is 15.4 Å². The predicted molar refractivity (Wildman–Crippen MR) is 64.7 cm³/mol. The monoisotopic (exact) mass is 273 g/mol. The molecule has 0 saturated carbocycles. The van der Waals surface area contributed by atoms with Gasteiger partial charge in [0.2, 0.25) is 0 Å². The van der Waals surface area contributed by atoms with Crippen molar-refractivity contribution in [3.63, 3.8) is 0 Å². The summed E-state index contributed by atoms with van der Waals surface area (Å²) in [6, 6.07) is 0.932. The van der Waals surface area contributed by atoms with Gasteiger partial charge in [-0.2, -0.15) is 18.3 Å².